The zero-order valence-corrected chi connectivity index (χ0v) is 15.2. The first-order valence-electron chi connectivity index (χ1n) is 7.83. The zero-order chi connectivity index (χ0) is 18.4. The summed E-state index contributed by atoms with van der Waals surface area (Å²) in [5.41, 5.74) is 0.146. The fraction of sp³-hybridized carbons (Fsp3) is 0.278. The number of carbonyl (C=O) groups excluding carboxylic acids is 1. The van der Waals surface area contributed by atoms with Gasteiger partial charge in [0.2, 0.25) is 10.0 Å². The normalized spacial score (nSPS) is 11.4. The first-order valence-corrected chi connectivity index (χ1v) is 9.27. The molecule has 2 aromatic rings. The van der Waals surface area contributed by atoms with Crippen molar-refractivity contribution in [2.45, 2.75) is 18.2 Å². The number of para-hydroxylation sites is 2. The lowest BCUT2D eigenvalue weighted by Gasteiger charge is -2.13. The molecule has 6 nitrogen and oxygen atoms in total. The van der Waals surface area contributed by atoms with Gasteiger partial charge < -0.3 is 9.47 Å². The van der Waals surface area contributed by atoms with E-state index in [0.717, 1.165) is 10.7 Å². The fourth-order valence-corrected chi connectivity index (χ4v) is 2.97. The van der Waals surface area contributed by atoms with Crippen molar-refractivity contribution < 1.29 is 22.7 Å². The first-order chi connectivity index (χ1) is 11.9. The van der Waals surface area contributed by atoms with Crippen LogP contribution in [0.5, 0.6) is 11.5 Å². The Labute approximate surface area is 148 Å². The van der Waals surface area contributed by atoms with Crippen LogP contribution in [0.1, 0.15) is 23.7 Å². The Morgan fingerprint density at radius 1 is 1.04 bits per heavy atom. The number of benzene rings is 2. The molecular weight excluding hydrogens is 342 g/mol. The Bertz CT molecular complexity index is 846. The molecule has 0 bridgehead atoms. The van der Waals surface area contributed by atoms with Crippen molar-refractivity contribution in [1.82, 2.24) is 4.31 Å². The molecule has 0 fully saturated rings. The predicted octanol–water partition coefficient (Wildman–Crippen LogP) is 2.94. The van der Waals surface area contributed by atoms with Crippen molar-refractivity contribution in [2.24, 2.45) is 0 Å². The van der Waals surface area contributed by atoms with Crippen LogP contribution in [0.2, 0.25) is 0 Å². The number of carbonyl (C=O) groups is 1. The lowest BCUT2D eigenvalue weighted by molar-refractivity contribution is 0.0728. The van der Waals surface area contributed by atoms with Crippen molar-refractivity contribution in [1.29, 1.82) is 0 Å². The SMILES string of the molecule is CCCOc1ccccc1OC(=O)c1cccc(S(=O)(=O)N(C)C)c1. The second-order valence-electron chi connectivity index (χ2n) is 5.50. The van der Waals surface area contributed by atoms with Gasteiger partial charge in [0.15, 0.2) is 11.5 Å². The Morgan fingerprint density at radius 3 is 2.36 bits per heavy atom. The third kappa shape index (κ3) is 4.58. The molecule has 0 heterocycles. The Balaban J connectivity index is 2.26. The second kappa shape index (κ2) is 8.13. The number of esters is 1. The van der Waals surface area contributed by atoms with Gasteiger partial charge in [-0.2, -0.15) is 0 Å². The maximum absolute atomic E-state index is 12.4. The minimum Gasteiger partial charge on any atom is -0.490 e. The van der Waals surface area contributed by atoms with Gasteiger partial charge in [-0.25, -0.2) is 17.5 Å². The van der Waals surface area contributed by atoms with E-state index in [-0.39, 0.29) is 10.5 Å². The van der Waals surface area contributed by atoms with Crippen LogP contribution in [0.4, 0.5) is 0 Å². The van der Waals surface area contributed by atoms with Gasteiger partial charge in [0.05, 0.1) is 17.1 Å². The number of hydrogen-bond acceptors (Lipinski definition) is 5. The van der Waals surface area contributed by atoms with Crippen LogP contribution in [-0.4, -0.2) is 39.4 Å². The summed E-state index contributed by atoms with van der Waals surface area (Å²) in [6, 6.07) is 12.6. The van der Waals surface area contributed by atoms with Gasteiger partial charge in [-0.3, -0.25) is 0 Å². The number of hydrogen-bond donors (Lipinski definition) is 0. The molecule has 0 saturated heterocycles. The average Bonchev–Trinajstić information content (AvgIpc) is 2.61. The van der Waals surface area contributed by atoms with Gasteiger partial charge in [0.25, 0.3) is 0 Å². The molecule has 7 heteroatoms. The van der Waals surface area contributed by atoms with Crippen molar-refractivity contribution in [3.63, 3.8) is 0 Å². The van der Waals surface area contributed by atoms with Crippen LogP contribution >= 0.6 is 0 Å². The zero-order valence-electron chi connectivity index (χ0n) is 14.4. The lowest BCUT2D eigenvalue weighted by Crippen LogP contribution is -2.22. The molecule has 2 aromatic carbocycles. The summed E-state index contributed by atoms with van der Waals surface area (Å²) in [4.78, 5) is 12.4. The minimum absolute atomic E-state index is 0.0301. The molecule has 0 aliphatic heterocycles. The molecule has 0 saturated carbocycles. The van der Waals surface area contributed by atoms with E-state index in [4.69, 9.17) is 9.47 Å². The smallest absolute Gasteiger partial charge is 0.343 e. The van der Waals surface area contributed by atoms with E-state index in [1.807, 2.05) is 6.92 Å². The molecule has 2 rings (SSSR count). The summed E-state index contributed by atoms with van der Waals surface area (Å²) in [5, 5.41) is 0. The Hall–Kier alpha value is -2.38. The molecule has 0 amide bonds. The molecule has 0 aliphatic carbocycles. The van der Waals surface area contributed by atoms with Crippen molar-refractivity contribution in [2.75, 3.05) is 20.7 Å². The summed E-state index contributed by atoms with van der Waals surface area (Å²) in [6.07, 6.45) is 0.826. The van der Waals surface area contributed by atoms with Gasteiger partial charge in [0, 0.05) is 14.1 Å². The van der Waals surface area contributed by atoms with Crippen LogP contribution in [-0.2, 0) is 10.0 Å². The molecule has 0 atom stereocenters. The van der Waals surface area contributed by atoms with Crippen LogP contribution in [0.3, 0.4) is 0 Å². The van der Waals surface area contributed by atoms with Crippen LogP contribution in [0, 0.1) is 0 Å². The van der Waals surface area contributed by atoms with Crippen molar-refractivity contribution >= 4 is 16.0 Å². The standard InChI is InChI=1S/C18H21NO5S/c1-4-12-23-16-10-5-6-11-17(16)24-18(20)14-8-7-9-15(13-14)25(21,22)19(2)3/h5-11,13H,4,12H2,1-3H3. The molecule has 0 radical (unpaired) electrons. The van der Waals surface area contributed by atoms with Crippen molar-refractivity contribution in [3.8, 4) is 11.5 Å². The van der Waals surface area contributed by atoms with Gasteiger partial charge >= 0.3 is 5.97 Å². The van der Waals surface area contributed by atoms with E-state index in [9.17, 15) is 13.2 Å². The first kappa shape index (κ1) is 19.0. The maximum Gasteiger partial charge on any atom is 0.343 e. The molecule has 25 heavy (non-hydrogen) atoms. The fourth-order valence-electron chi connectivity index (χ4n) is 2.02. The molecule has 0 spiro atoms. The Morgan fingerprint density at radius 2 is 1.72 bits per heavy atom. The number of nitrogens with zero attached hydrogens (tertiary/aromatic N) is 1. The minimum atomic E-state index is -3.63. The highest BCUT2D eigenvalue weighted by molar-refractivity contribution is 7.89. The number of rotatable bonds is 7. The van der Waals surface area contributed by atoms with E-state index in [1.165, 1.54) is 38.4 Å². The van der Waals surface area contributed by atoms with E-state index < -0.39 is 16.0 Å². The largest absolute Gasteiger partial charge is 0.490 e. The average molecular weight is 363 g/mol. The summed E-state index contributed by atoms with van der Waals surface area (Å²) >= 11 is 0. The van der Waals surface area contributed by atoms with Crippen LogP contribution in [0.15, 0.2) is 53.4 Å². The molecule has 134 valence electrons. The summed E-state index contributed by atoms with van der Waals surface area (Å²) in [5.74, 6) is 0.111. The van der Waals surface area contributed by atoms with Gasteiger partial charge in [-0.1, -0.05) is 25.1 Å². The monoisotopic (exact) mass is 363 g/mol. The van der Waals surface area contributed by atoms with Crippen LogP contribution < -0.4 is 9.47 Å². The summed E-state index contributed by atoms with van der Waals surface area (Å²) in [6.45, 7) is 2.48. The van der Waals surface area contributed by atoms with E-state index >= 15 is 0 Å². The highest BCUT2D eigenvalue weighted by Gasteiger charge is 2.20. The van der Waals surface area contributed by atoms with E-state index in [2.05, 4.69) is 0 Å². The third-order valence-corrected chi connectivity index (χ3v) is 5.17. The van der Waals surface area contributed by atoms with Gasteiger partial charge in [0.1, 0.15) is 0 Å². The highest BCUT2D eigenvalue weighted by atomic mass is 32.2. The summed E-state index contributed by atoms with van der Waals surface area (Å²) in [7, 11) is -0.761. The molecule has 0 N–H and O–H groups in total. The van der Waals surface area contributed by atoms with Gasteiger partial charge in [-0.05, 0) is 36.8 Å². The maximum atomic E-state index is 12.4. The van der Waals surface area contributed by atoms with Crippen molar-refractivity contribution in [3.05, 3.63) is 54.1 Å². The topological polar surface area (TPSA) is 72.9 Å². The number of ether oxygens (including phenoxy) is 2. The number of sulfonamides is 1. The van der Waals surface area contributed by atoms with Crippen LogP contribution in [0.25, 0.3) is 0 Å². The van der Waals surface area contributed by atoms with E-state index in [1.54, 1.807) is 24.3 Å². The molecule has 0 aliphatic rings. The molecule has 0 unspecified atom stereocenters. The third-order valence-electron chi connectivity index (χ3n) is 3.36. The molecule has 0 aromatic heterocycles. The Kier molecular flexibility index (Phi) is 6.17. The highest BCUT2D eigenvalue weighted by Crippen LogP contribution is 2.27. The van der Waals surface area contributed by atoms with E-state index in [0.29, 0.717) is 18.1 Å². The lowest BCUT2D eigenvalue weighted by atomic mass is 10.2. The molecular formula is C18H21NO5S. The second-order valence-corrected chi connectivity index (χ2v) is 7.65. The summed E-state index contributed by atoms with van der Waals surface area (Å²) < 4.78 is 36.4. The predicted molar refractivity (Wildman–Crippen MR) is 94.5 cm³/mol. The quantitative estimate of drug-likeness (QED) is 0.559. The van der Waals surface area contributed by atoms with Gasteiger partial charge in [-0.15, -0.1) is 0 Å².